The van der Waals surface area contributed by atoms with Crippen LogP contribution < -0.4 is 4.90 Å². The summed E-state index contributed by atoms with van der Waals surface area (Å²) in [6.07, 6.45) is 8.92. The summed E-state index contributed by atoms with van der Waals surface area (Å²) in [5, 5.41) is 4.32. The van der Waals surface area contributed by atoms with Gasteiger partial charge in [0.1, 0.15) is 16.7 Å². The maximum Gasteiger partial charge on any atom is 0.160 e. The normalized spacial score (nSPS) is 16.4. The van der Waals surface area contributed by atoms with E-state index < -0.39 is 0 Å². The Labute approximate surface area is 293 Å². The average molecular weight is 656 g/mol. The maximum atomic E-state index is 7.06. The van der Waals surface area contributed by atoms with Crippen molar-refractivity contribution in [3.05, 3.63) is 169 Å². The van der Waals surface area contributed by atoms with Crippen LogP contribution >= 0.6 is 0 Å². The van der Waals surface area contributed by atoms with Crippen molar-refractivity contribution in [3.8, 4) is 33.9 Å². The van der Waals surface area contributed by atoms with E-state index in [1.807, 2.05) is 36.4 Å². The number of anilines is 2. The van der Waals surface area contributed by atoms with Crippen LogP contribution in [0.3, 0.4) is 0 Å². The lowest BCUT2D eigenvalue weighted by atomic mass is 9.91. The van der Waals surface area contributed by atoms with Gasteiger partial charge < -0.3 is 13.7 Å². The minimum absolute atomic E-state index is 0.174. The molecular weight excluding hydrogens is 627 g/mol. The molecule has 5 heteroatoms. The molecule has 0 bridgehead atoms. The topological polar surface area (TPSA) is 55.3 Å². The molecule has 2 unspecified atom stereocenters. The summed E-state index contributed by atoms with van der Waals surface area (Å²) in [5.41, 5.74) is 11.4. The second kappa shape index (κ2) is 10.9. The summed E-state index contributed by atoms with van der Waals surface area (Å²) in [6, 6.07) is 48.4. The minimum Gasteiger partial charge on any atom is -0.456 e. The number of furan rings is 2. The molecule has 3 aromatic heterocycles. The number of fused-ring (bicyclic) bond motifs is 10. The first kappa shape index (κ1) is 28.2. The predicted octanol–water partition coefficient (Wildman–Crippen LogP) is 12.0. The first-order valence-electron chi connectivity index (χ1n) is 17.3. The molecule has 240 valence electrons. The fourth-order valence-corrected chi connectivity index (χ4v) is 8.09. The van der Waals surface area contributed by atoms with Crippen LogP contribution in [0.15, 0.2) is 173 Å². The zero-order valence-electron chi connectivity index (χ0n) is 27.4. The number of allylic oxidation sites excluding steroid dienone is 2. The lowest BCUT2D eigenvalue weighted by Crippen LogP contribution is -2.28. The number of nitrogens with zero attached hydrogens (tertiary/aromatic N) is 3. The van der Waals surface area contributed by atoms with Gasteiger partial charge in [0, 0.05) is 49.8 Å². The van der Waals surface area contributed by atoms with E-state index in [-0.39, 0.29) is 12.0 Å². The van der Waals surface area contributed by atoms with E-state index in [0.717, 1.165) is 83.3 Å². The van der Waals surface area contributed by atoms with Crippen molar-refractivity contribution in [2.75, 3.05) is 4.90 Å². The second-order valence-electron chi connectivity index (χ2n) is 13.3. The molecule has 2 aliphatic rings. The van der Waals surface area contributed by atoms with Crippen LogP contribution in [0.25, 0.3) is 77.8 Å². The van der Waals surface area contributed by atoms with Gasteiger partial charge in [-0.3, -0.25) is 0 Å². The van der Waals surface area contributed by atoms with Gasteiger partial charge in [0.15, 0.2) is 11.4 Å². The van der Waals surface area contributed by atoms with E-state index >= 15 is 0 Å². The highest BCUT2D eigenvalue weighted by atomic mass is 16.3. The lowest BCUT2D eigenvalue weighted by Gasteiger charge is -2.28. The Morgan fingerprint density at radius 1 is 0.510 bits per heavy atom. The van der Waals surface area contributed by atoms with Crippen molar-refractivity contribution in [1.29, 1.82) is 0 Å². The molecule has 9 aromatic rings. The van der Waals surface area contributed by atoms with E-state index in [1.54, 1.807) is 0 Å². The number of aromatic nitrogens is 2. The van der Waals surface area contributed by atoms with E-state index in [9.17, 15) is 0 Å². The van der Waals surface area contributed by atoms with Crippen molar-refractivity contribution < 1.29 is 8.83 Å². The zero-order valence-corrected chi connectivity index (χ0v) is 27.4. The summed E-state index contributed by atoms with van der Waals surface area (Å²) < 4.78 is 13.3. The second-order valence-corrected chi connectivity index (χ2v) is 13.3. The van der Waals surface area contributed by atoms with Gasteiger partial charge in [-0.25, -0.2) is 9.97 Å². The fourth-order valence-electron chi connectivity index (χ4n) is 8.09. The molecule has 6 aromatic carbocycles. The Morgan fingerprint density at radius 2 is 1.24 bits per heavy atom. The van der Waals surface area contributed by atoms with Crippen molar-refractivity contribution in [2.24, 2.45) is 0 Å². The van der Waals surface area contributed by atoms with Gasteiger partial charge in [-0.15, -0.1) is 0 Å². The van der Waals surface area contributed by atoms with Crippen LogP contribution in [0, 0.1) is 0 Å². The van der Waals surface area contributed by atoms with Gasteiger partial charge in [0.25, 0.3) is 0 Å². The Hall–Kier alpha value is -6.72. The molecule has 1 aliphatic heterocycles. The largest absolute Gasteiger partial charge is 0.456 e. The number of rotatable bonds is 4. The Kier molecular flexibility index (Phi) is 6.01. The average Bonchev–Trinajstić information content (AvgIpc) is 3.88. The molecule has 0 fully saturated rings. The van der Waals surface area contributed by atoms with Gasteiger partial charge in [0.05, 0.1) is 23.1 Å². The highest BCUT2D eigenvalue weighted by molar-refractivity contribution is 6.14. The first-order chi connectivity index (χ1) is 25.3. The van der Waals surface area contributed by atoms with Crippen LogP contribution in [-0.2, 0) is 0 Å². The van der Waals surface area contributed by atoms with Gasteiger partial charge in [-0.2, -0.15) is 0 Å². The number of hydrogen-bond acceptors (Lipinski definition) is 5. The molecule has 0 amide bonds. The van der Waals surface area contributed by atoms with Crippen LogP contribution in [-0.4, -0.2) is 16.0 Å². The molecule has 0 radical (unpaired) electrons. The van der Waals surface area contributed by atoms with Gasteiger partial charge >= 0.3 is 0 Å². The molecule has 0 N–H and O–H groups in total. The van der Waals surface area contributed by atoms with Crippen molar-refractivity contribution >= 4 is 55.3 Å². The summed E-state index contributed by atoms with van der Waals surface area (Å²) >= 11 is 0. The van der Waals surface area contributed by atoms with Crippen molar-refractivity contribution in [2.45, 2.75) is 12.0 Å². The molecule has 0 saturated carbocycles. The monoisotopic (exact) mass is 655 g/mol. The van der Waals surface area contributed by atoms with E-state index in [2.05, 4.69) is 132 Å². The molecule has 2 atom stereocenters. The van der Waals surface area contributed by atoms with Crippen LogP contribution in [0.5, 0.6) is 0 Å². The van der Waals surface area contributed by atoms with Gasteiger partial charge in [-0.05, 0) is 48.0 Å². The molecule has 0 spiro atoms. The highest BCUT2D eigenvalue weighted by Gasteiger charge is 2.40. The smallest absolute Gasteiger partial charge is 0.160 e. The van der Waals surface area contributed by atoms with E-state index in [4.69, 9.17) is 18.8 Å². The summed E-state index contributed by atoms with van der Waals surface area (Å²) in [5.74, 6) is 0.866. The summed E-state index contributed by atoms with van der Waals surface area (Å²) in [7, 11) is 0. The van der Waals surface area contributed by atoms with Gasteiger partial charge in [0.2, 0.25) is 0 Å². The standard InChI is InChI=1S/C46H29N3O2/c1-3-12-28(13-4-1)38-27-39(48-46(47-38)29-22-23-33-32-17-8-10-21-41(32)50-42(33)26-29)37-19-11-18-35-36-25-24-34-31-16-7-9-20-40(31)49(30-14-5-2-6-15-30)43(34)45(36)51-44(35)37/h1-27,31,40H. The molecule has 11 rings (SSSR count). The third-order valence-corrected chi connectivity index (χ3v) is 10.4. The zero-order chi connectivity index (χ0) is 33.5. The Morgan fingerprint density at radius 3 is 2.14 bits per heavy atom. The molecule has 1 aliphatic carbocycles. The molecule has 51 heavy (non-hydrogen) atoms. The van der Waals surface area contributed by atoms with Crippen LogP contribution in [0.4, 0.5) is 11.4 Å². The number of para-hydroxylation sites is 3. The Balaban J connectivity index is 1.13. The third kappa shape index (κ3) is 4.28. The third-order valence-electron chi connectivity index (χ3n) is 10.4. The van der Waals surface area contributed by atoms with Crippen LogP contribution in [0.2, 0.25) is 0 Å². The van der Waals surface area contributed by atoms with Crippen molar-refractivity contribution in [3.63, 3.8) is 0 Å². The van der Waals surface area contributed by atoms with Crippen LogP contribution in [0.1, 0.15) is 11.5 Å². The fraction of sp³-hybridized carbons (Fsp3) is 0.0435. The van der Waals surface area contributed by atoms with Crippen molar-refractivity contribution in [1.82, 2.24) is 9.97 Å². The van der Waals surface area contributed by atoms with E-state index in [1.165, 1.54) is 5.56 Å². The quantitative estimate of drug-likeness (QED) is 0.189. The Bertz CT molecular complexity index is 2880. The lowest BCUT2D eigenvalue weighted by molar-refractivity contribution is 0.668. The number of benzene rings is 6. The highest BCUT2D eigenvalue weighted by Crippen LogP contribution is 2.52. The van der Waals surface area contributed by atoms with E-state index in [0.29, 0.717) is 5.82 Å². The van der Waals surface area contributed by atoms with Gasteiger partial charge in [-0.1, -0.05) is 121 Å². The molecule has 4 heterocycles. The summed E-state index contributed by atoms with van der Waals surface area (Å²) in [4.78, 5) is 12.8. The number of hydrogen-bond donors (Lipinski definition) is 0. The molecular formula is C46H29N3O2. The minimum atomic E-state index is 0.174. The SMILES string of the molecule is C1=CC2c3ccc4c(oc5c(-c6cc(-c7ccccc7)nc(-c7ccc8c(c7)oc7ccccc78)n6)cccc54)c3N(c3ccccc3)C2C=C1. The molecule has 0 saturated heterocycles. The molecule has 5 nitrogen and oxygen atoms in total. The maximum absolute atomic E-state index is 7.06. The summed E-state index contributed by atoms with van der Waals surface area (Å²) in [6.45, 7) is 0. The predicted molar refractivity (Wildman–Crippen MR) is 206 cm³/mol. The first-order valence-corrected chi connectivity index (χ1v) is 17.3.